The second kappa shape index (κ2) is 13.4. The molecule has 1 N–H and O–H groups in total. The lowest BCUT2D eigenvalue weighted by Crippen LogP contribution is -2.51. The highest BCUT2D eigenvalue weighted by molar-refractivity contribution is 7.92. The van der Waals surface area contributed by atoms with E-state index in [4.69, 9.17) is 39.5 Å². The molecule has 0 spiro atoms. The van der Waals surface area contributed by atoms with E-state index >= 15 is 0 Å². The van der Waals surface area contributed by atoms with Crippen LogP contribution >= 0.6 is 34.8 Å². The van der Waals surface area contributed by atoms with Crippen LogP contribution in [-0.2, 0) is 26.2 Å². The topological polar surface area (TPSA) is 96.0 Å². The summed E-state index contributed by atoms with van der Waals surface area (Å²) in [6.07, 6.45) is 0.249. The molecule has 1 atom stereocenters. The molecule has 3 aromatic rings. The van der Waals surface area contributed by atoms with Crippen molar-refractivity contribution in [2.75, 3.05) is 25.0 Å². The monoisotopic (exact) mass is 611 g/mol. The second-order valence-corrected chi connectivity index (χ2v) is 11.5. The van der Waals surface area contributed by atoms with Crippen molar-refractivity contribution in [1.29, 1.82) is 0 Å². The Morgan fingerprint density at radius 3 is 2.18 bits per heavy atom. The number of rotatable bonds is 11. The SMILES string of the molecule is CC[C@H](C(=O)NC)N(Cc1c(Cl)cccc1Cl)C(=O)CN(c1cc(Cl)ccc1OC)S(=O)(=O)c1ccccc1. The third kappa shape index (κ3) is 6.97. The number of nitrogens with zero attached hydrogens (tertiary/aromatic N) is 2. The van der Waals surface area contributed by atoms with Gasteiger partial charge >= 0.3 is 0 Å². The van der Waals surface area contributed by atoms with Gasteiger partial charge in [-0.1, -0.05) is 66.0 Å². The van der Waals surface area contributed by atoms with Crippen LogP contribution in [-0.4, -0.2) is 51.9 Å². The number of carbonyl (C=O) groups is 2. The number of hydrogen-bond donors (Lipinski definition) is 1. The minimum absolute atomic E-state index is 0.0427. The highest BCUT2D eigenvalue weighted by Crippen LogP contribution is 2.35. The highest BCUT2D eigenvalue weighted by Gasteiger charge is 2.35. The number of hydrogen-bond acceptors (Lipinski definition) is 5. The van der Waals surface area contributed by atoms with Gasteiger partial charge in [-0.2, -0.15) is 0 Å². The van der Waals surface area contributed by atoms with Crippen molar-refractivity contribution in [3.8, 4) is 5.75 Å². The molecule has 0 aliphatic carbocycles. The van der Waals surface area contributed by atoms with Gasteiger partial charge in [0.1, 0.15) is 18.3 Å². The largest absolute Gasteiger partial charge is 0.495 e. The molecule has 0 unspecified atom stereocenters. The number of ether oxygens (including phenoxy) is 1. The molecule has 0 saturated heterocycles. The highest BCUT2D eigenvalue weighted by atomic mass is 35.5. The summed E-state index contributed by atoms with van der Waals surface area (Å²) >= 11 is 19.0. The molecular weight excluding hydrogens is 585 g/mol. The van der Waals surface area contributed by atoms with Gasteiger partial charge in [-0.25, -0.2) is 8.42 Å². The van der Waals surface area contributed by atoms with Gasteiger partial charge < -0.3 is 15.0 Å². The molecule has 0 heterocycles. The van der Waals surface area contributed by atoms with E-state index < -0.39 is 34.4 Å². The molecular formula is C27H28Cl3N3O5S. The van der Waals surface area contributed by atoms with Crippen molar-refractivity contribution in [1.82, 2.24) is 10.2 Å². The van der Waals surface area contributed by atoms with Crippen molar-refractivity contribution in [2.45, 2.75) is 30.8 Å². The number of carbonyl (C=O) groups excluding carboxylic acids is 2. The Morgan fingerprint density at radius 2 is 1.62 bits per heavy atom. The van der Waals surface area contributed by atoms with Crippen LogP contribution in [0.1, 0.15) is 18.9 Å². The number of amides is 2. The number of anilines is 1. The van der Waals surface area contributed by atoms with Crippen LogP contribution in [0.25, 0.3) is 0 Å². The third-order valence-electron chi connectivity index (χ3n) is 6.04. The summed E-state index contributed by atoms with van der Waals surface area (Å²) in [7, 11) is -1.45. The Bertz CT molecular complexity index is 1420. The van der Waals surface area contributed by atoms with Crippen molar-refractivity contribution in [3.05, 3.63) is 87.4 Å². The fourth-order valence-electron chi connectivity index (χ4n) is 4.03. The summed E-state index contributed by atoms with van der Waals surface area (Å²) in [4.78, 5) is 28.1. The summed E-state index contributed by atoms with van der Waals surface area (Å²) in [5.74, 6) is -0.902. The van der Waals surface area contributed by atoms with Gasteiger partial charge in [0.05, 0.1) is 17.7 Å². The van der Waals surface area contributed by atoms with Crippen LogP contribution in [0.15, 0.2) is 71.6 Å². The molecule has 0 saturated carbocycles. The van der Waals surface area contributed by atoms with Crippen LogP contribution < -0.4 is 14.4 Å². The van der Waals surface area contributed by atoms with Gasteiger partial charge in [0.2, 0.25) is 11.8 Å². The molecule has 208 valence electrons. The summed E-state index contributed by atoms with van der Waals surface area (Å²) in [6, 6.07) is 16.1. The molecule has 12 heteroatoms. The van der Waals surface area contributed by atoms with E-state index in [2.05, 4.69) is 5.32 Å². The van der Waals surface area contributed by atoms with Gasteiger partial charge in [-0.15, -0.1) is 0 Å². The van der Waals surface area contributed by atoms with E-state index in [9.17, 15) is 18.0 Å². The number of benzene rings is 3. The number of methoxy groups -OCH3 is 1. The van der Waals surface area contributed by atoms with Gasteiger partial charge in [0.15, 0.2) is 0 Å². The van der Waals surface area contributed by atoms with Crippen LogP contribution in [0.3, 0.4) is 0 Å². The Kier molecular flexibility index (Phi) is 10.5. The first-order valence-corrected chi connectivity index (χ1v) is 14.5. The van der Waals surface area contributed by atoms with Crippen LogP contribution in [0.2, 0.25) is 15.1 Å². The van der Waals surface area contributed by atoms with Gasteiger partial charge in [-0.05, 0) is 48.9 Å². The maximum absolute atomic E-state index is 14.0. The molecule has 2 amide bonds. The molecule has 39 heavy (non-hydrogen) atoms. The summed E-state index contributed by atoms with van der Waals surface area (Å²) in [6.45, 7) is 0.950. The summed E-state index contributed by atoms with van der Waals surface area (Å²) < 4.78 is 34.1. The van der Waals surface area contributed by atoms with E-state index in [1.165, 1.54) is 43.3 Å². The van der Waals surface area contributed by atoms with Crippen LogP contribution in [0, 0.1) is 0 Å². The first-order valence-electron chi connectivity index (χ1n) is 11.9. The third-order valence-corrected chi connectivity index (χ3v) is 8.76. The first kappa shape index (κ1) is 30.6. The maximum atomic E-state index is 14.0. The lowest BCUT2D eigenvalue weighted by Gasteiger charge is -2.33. The van der Waals surface area contributed by atoms with Crippen molar-refractivity contribution >= 4 is 62.3 Å². The predicted octanol–water partition coefficient (Wildman–Crippen LogP) is 5.40. The molecule has 3 aromatic carbocycles. The lowest BCUT2D eigenvalue weighted by atomic mass is 10.1. The van der Waals surface area contributed by atoms with E-state index in [0.717, 1.165) is 4.31 Å². The smallest absolute Gasteiger partial charge is 0.264 e. The zero-order valence-corrected chi connectivity index (χ0v) is 24.6. The van der Waals surface area contributed by atoms with Gasteiger partial charge in [-0.3, -0.25) is 13.9 Å². The standard InChI is InChI=1S/C27H28Cl3N3O5S/c1-4-23(27(35)31-2)32(16-20-21(29)11-8-12-22(20)30)26(34)17-33(24-15-18(28)13-14-25(24)38-3)39(36,37)19-9-6-5-7-10-19/h5-15,23H,4,16-17H2,1-3H3,(H,31,35)/t23-/m1/s1. The molecule has 3 rings (SSSR count). The van der Waals surface area contributed by atoms with Crippen molar-refractivity contribution in [2.24, 2.45) is 0 Å². The molecule has 0 bridgehead atoms. The van der Waals surface area contributed by atoms with E-state index in [-0.39, 0.29) is 34.3 Å². The minimum Gasteiger partial charge on any atom is -0.495 e. The fraction of sp³-hybridized carbons (Fsp3) is 0.259. The van der Waals surface area contributed by atoms with Gasteiger partial charge in [0, 0.05) is 34.2 Å². The molecule has 0 aromatic heterocycles. The average molecular weight is 613 g/mol. The summed E-state index contributed by atoms with van der Waals surface area (Å²) in [5.41, 5.74) is 0.486. The lowest BCUT2D eigenvalue weighted by molar-refractivity contribution is -0.140. The number of sulfonamides is 1. The maximum Gasteiger partial charge on any atom is 0.264 e. The molecule has 0 radical (unpaired) electrons. The zero-order valence-electron chi connectivity index (χ0n) is 21.5. The Hall–Kier alpha value is -2.98. The predicted molar refractivity (Wildman–Crippen MR) is 154 cm³/mol. The zero-order chi connectivity index (χ0) is 28.7. The summed E-state index contributed by atoms with van der Waals surface area (Å²) in [5, 5.41) is 3.41. The number of halogens is 3. The molecule has 0 fully saturated rings. The quantitative estimate of drug-likeness (QED) is 0.313. The molecule has 0 aliphatic rings. The Morgan fingerprint density at radius 1 is 0.974 bits per heavy atom. The minimum atomic E-state index is -4.28. The fourth-order valence-corrected chi connectivity index (χ4v) is 6.15. The van der Waals surface area contributed by atoms with Gasteiger partial charge in [0.25, 0.3) is 10.0 Å². The first-order chi connectivity index (χ1) is 18.5. The van der Waals surface area contributed by atoms with Crippen LogP contribution in [0.5, 0.6) is 5.75 Å². The van der Waals surface area contributed by atoms with E-state index in [1.807, 2.05) is 0 Å². The van der Waals surface area contributed by atoms with E-state index in [0.29, 0.717) is 15.6 Å². The number of likely N-dealkylation sites (N-methyl/N-ethyl adjacent to an activating group) is 1. The van der Waals surface area contributed by atoms with Crippen molar-refractivity contribution in [3.63, 3.8) is 0 Å². The van der Waals surface area contributed by atoms with E-state index in [1.54, 1.807) is 49.4 Å². The Labute approximate surface area is 243 Å². The normalized spacial score (nSPS) is 11.9. The second-order valence-electron chi connectivity index (χ2n) is 8.40. The molecule has 8 nitrogen and oxygen atoms in total. The van der Waals surface area contributed by atoms with Crippen LogP contribution in [0.4, 0.5) is 5.69 Å². The van der Waals surface area contributed by atoms with Crippen molar-refractivity contribution < 1.29 is 22.7 Å². The average Bonchev–Trinajstić information content (AvgIpc) is 2.93. The number of nitrogens with one attached hydrogen (secondary N) is 1. The Balaban J connectivity index is 2.16. The molecule has 0 aliphatic heterocycles.